The van der Waals surface area contributed by atoms with Crippen LogP contribution in [0.3, 0.4) is 0 Å². The molecule has 7 heteroatoms. The Labute approximate surface area is 114 Å². The van der Waals surface area contributed by atoms with Gasteiger partial charge >= 0.3 is 6.18 Å². The minimum atomic E-state index is -4.43. The third kappa shape index (κ3) is 3.30. The minimum absolute atomic E-state index is 0.0387. The summed E-state index contributed by atoms with van der Waals surface area (Å²) in [6.07, 6.45) is -4.48. The van der Waals surface area contributed by atoms with Crippen LogP contribution in [0.4, 0.5) is 19.0 Å². The molecule has 1 aliphatic rings. The number of anilines is 1. The molecule has 0 aliphatic carbocycles. The summed E-state index contributed by atoms with van der Waals surface area (Å²) in [7, 11) is 0. The molecular weight excluding hydrogens is 281 g/mol. The Bertz CT molecular complexity index is 467. The van der Waals surface area contributed by atoms with Gasteiger partial charge in [0.1, 0.15) is 11.0 Å². The van der Waals surface area contributed by atoms with E-state index in [4.69, 9.17) is 16.3 Å². The Kier molecular flexibility index (Phi) is 3.92. The highest BCUT2D eigenvalue weighted by Gasteiger charge is 2.33. The molecule has 1 fully saturated rings. The van der Waals surface area contributed by atoms with Gasteiger partial charge in [0.2, 0.25) is 0 Å². The average Bonchev–Trinajstić information content (AvgIpc) is 2.30. The lowest BCUT2D eigenvalue weighted by molar-refractivity contribution is -0.137. The summed E-state index contributed by atoms with van der Waals surface area (Å²) in [4.78, 5) is 5.78. The van der Waals surface area contributed by atoms with E-state index in [0.717, 1.165) is 12.1 Å². The van der Waals surface area contributed by atoms with Crippen LogP contribution in [0.15, 0.2) is 12.1 Å². The second-order valence-corrected chi connectivity index (χ2v) is 5.07. The van der Waals surface area contributed by atoms with Gasteiger partial charge in [-0.2, -0.15) is 13.2 Å². The highest BCUT2D eigenvalue weighted by Crippen LogP contribution is 2.33. The molecule has 2 heterocycles. The van der Waals surface area contributed by atoms with Gasteiger partial charge in [0, 0.05) is 6.54 Å². The lowest BCUT2D eigenvalue weighted by Crippen LogP contribution is -2.47. The third-order valence-electron chi connectivity index (χ3n) is 3.01. The number of pyridine rings is 1. The van der Waals surface area contributed by atoms with E-state index in [-0.39, 0.29) is 23.1 Å². The summed E-state index contributed by atoms with van der Waals surface area (Å²) in [5, 5.41) is -0.156. The van der Waals surface area contributed by atoms with E-state index in [1.807, 2.05) is 13.8 Å². The zero-order valence-electron chi connectivity index (χ0n) is 10.5. The van der Waals surface area contributed by atoms with Gasteiger partial charge < -0.3 is 9.64 Å². The lowest BCUT2D eigenvalue weighted by Gasteiger charge is -2.37. The number of hydrogen-bond donors (Lipinski definition) is 0. The van der Waals surface area contributed by atoms with Gasteiger partial charge in [-0.25, -0.2) is 4.98 Å². The average molecular weight is 295 g/mol. The van der Waals surface area contributed by atoms with E-state index in [1.165, 1.54) is 0 Å². The van der Waals surface area contributed by atoms with Crippen molar-refractivity contribution < 1.29 is 17.9 Å². The van der Waals surface area contributed by atoms with Gasteiger partial charge in [-0.15, -0.1) is 0 Å². The van der Waals surface area contributed by atoms with Crippen LogP contribution in [0.1, 0.15) is 19.4 Å². The standard InChI is InChI=1S/C12H14ClF3N2O/c1-7-6-19-8(2)5-18(7)11-4-9(12(14,15)16)3-10(13)17-11/h3-4,7-8H,5-6H2,1-2H3. The molecule has 0 spiro atoms. The molecule has 0 aromatic carbocycles. The second kappa shape index (κ2) is 5.17. The summed E-state index contributed by atoms with van der Waals surface area (Å²) >= 11 is 5.69. The van der Waals surface area contributed by atoms with Gasteiger partial charge in [0.05, 0.1) is 24.3 Å². The Balaban J connectivity index is 2.36. The summed E-state index contributed by atoms with van der Waals surface area (Å²) < 4.78 is 43.7. The van der Waals surface area contributed by atoms with Crippen LogP contribution in [0.5, 0.6) is 0 Å². The molecule has 0 amide bonds. The number of rotatable bonds is 1. The van der Waals surface area contributed by atoms with Crippen LogP contribution in [0.2, 0.25) is 5.15 Å². The van der Waals surface area contributed by atoms with Crippen molar-refractivity contribution in [2.75, 3.05) is 18.1 Å². The molecule has 2 unspecified atom stereocenters. The summed E-state index contributed by atoms with van der Waals surface area (Å²) in [6, 6.07) is 1.82. The van der Waals surface area contributed by atoms with Crippen LogP contribution >= 0.6 is 11.6 Å². The second-order valence-electron chi connectivity index (χ2n) is 4.68. The number of hydrogen-bond acceptors (Lipinski definition) is 3. The third-order valence-corrected chi connectivity index (χ3v) is 3.20. The SMILES string of the molecule is CC1CN(c2cc(C(F)(F)F)cc(Cl)n2)C(C)CO1. The molecule has 106 valence electrons. The number of ether oxygens (including phenoxy) is 1. The maximum Gasteiger partial charge on any atom is 0.416 e. The largest absolute Gasteiger partial charge is 0.416 e. The Hall–Kier alpha value is -1.01. The molecule has 19 heavy (non-hydrogen) atoms. The van der Waals surface area contributed by atoms with Crippen molar-refractivity contribution in [3.63, 3.8) is 0 Å². The molecule has 0 N–H and O–H groups in total. The van der Waals surface area contributed by atoms with Crippen molar-refractivity contribution in [2.24, 2.45) is 0 Å². The molecule has 1 aromatic rings. The maximum atomic E-state index is 12.8. The number of aromatic nitrogens is 1. The van der Waals surface area contributed by atoms with Crippen LogP contribution in [-0.4, -0.2) is 30.3 Å². The smallest absolute Gasteiger partial charge is 0.375 e. The number of alkyl halides is 3. The number of morpholine rings is 1. The van der Waals surface area contributed by atoms with E-state index >= 15 is 0 Å². The maximum absolute atomic E-state index is 12.8. The molecule has 1 saturated heterocycles. The molecule has 2 atom stereocenters. The highest BCUT2D eigenvalue weighted by atomic mass is 35.5. The van der Waals surface area contributed by atoms with E-state index < -0.39 is 11.7 Å². The molecule has 1 aliphatic heterocycles. The van der Waals surface area contributed by atoms with Crippen LogP contribution < -0.4 is 4.90 Å². The van der Waals surface area contributed by atoms with Crippen molar-refractivity contribution >= 4 is 17.4 Å². The fraction of sp³-hybridized carbons (Fsp3) is 0.583. The first-order chi connectivity index (χ1) is 8.77. The van der Waals surface area contributed by atoms with Crippen molar-refractivity contribution in [1.29, 1.82) is 0 Å². The normalized spacial score (nSPS) is 24.6. The first-order valence-corrected chi connectivity index (χ1v) is 6.28. The van der Waals surface area contributed by atoms with E-state index in [9.17, 15) is 13.2 Å². The summed E-state index contributed by atoms with van der Waals surface area (Å²) in [6.45, 7) is 4.69. The summed E-state index contributed by atoms with van der Waals surface area (Å²) in [5.41, 5.74) is -0.783. The van der Waals surface area contributed by atoms with Crippen molar-refractivity contribution in [3.8, 4) is 0 Å². The molecular formula is C12H14ClF3N2O. The van der Waals surface area contributed by atoms with Crippen molar-refractivity contribution in [2.45, 2.75) is 32.2 Å². The molecule has 0 saturated carbocycles. The Morgan fingerprint density at radius 1 is 1.37 bits per heavy atom. The van der Waals surface area contributed by atoms with E-state index in [2.05, 4.69) is 4.98 Å². The van der Waals surface area contributed by atoms with E-state index in [0.29, 0.717) is 13.2 Å². The molecule has 3 nitrogen and oxygen atoms in total. The number of halogens is 4. The first kappa shape index (κ1) is 14.4. The predicted molar refractivity (Wildman–Crippen MR) is 66.5 cm³/mol. The molecule has 1 aromatic heterocycles. The van der Waals surface area contributed by atoms with Gasteiger partial charge in [-0.3, -0.25) is 0 Å². The monoisotopic (exact) mass is 294 g/mol. The first-order valence-electron chi connectivity index (χ1n) is 5.90. The lowest BCUT2D eigenvalue weighted by atomic mass is 10.2. The Morgan fingerprint density at radius 2 is 2.05 bits per heavy atom. The fourth-order valence-corrected chi connectivity index (χ4v) is 2.22. The molecule has 0 bridgehead atoms. The van der Waals surface area contributed by atoms with Crippen molar-refractivity contribution in [1.82, 2.24) is 4.98 Å². The highest BCUT2D eigenvalue weighted by molar-refractivity contribution is 6.29. The van der Waals surface area contributed by atoms with Crippen LogP contribution in [0.25, 0.3) is 0 Å². The topological polar surface area (TPSA) is 25.4 Å². The van der Waals surface area contributed by atoms with Gasteiger partial charge in [0.15, 0.2) is 0 Å². The zero-order chi connectivity index (χ0) is 14.2. The van der Waals surface area contributed by atoms with Crippen LogP contribution in [0, 0.1) is 0 Å². The van der Waals surface area contributed by atoms with Crippen molar-refractivity contribution in [3.05, 3.63) is 22.8 Å². The quantitative estimate of drug-likeness (QED) is 0.743. The van der Waals surface area contributed by atoms with E-state index in [1.54, 1.807) is 4.90 Å². The van der Waals surface area contributed by atoms with Gasteiger partial charge in [-0.05, 0) is 26.0 Å². The van der Waals surface area contributed by atoms with Crippen LogP contribution in [-0.2, 0) is 10.9 Å². The predicted octanol–water partition coefficient (Wildman–Crippen LogP) is 3.37. The van der Waals surface area contributed by atoms with Gasteiger partial charge in [-0.1, -0.05) is 11.6 Å². The summed E-state index contributed by atoms with van der Waals surface area (Å²) in [5.74, 6) is 0.238. The fourth-order valence-electron chi connectivity index (χ4n) is 2.02. The number of nitrogens with zero attached hydrogens (tertiary/aromatic N) is 2. The van der Waals surface area contributed by atoms with Gasteiger partial charge in [0.25, 0.3) is 0 Å². The minimum Gasteiger partial charge on any atom is -0.375 e. The molecule has 0 radical (unpaired) electrons. The zero-order valence-corrected chi connectivity index (χ0v) is 11.3. The molecule has 2 rings (SSSR count). The Morgan fingerprint density at radius 3 is 2.68 bits per heavy atom.